The number of carbonyl (C=O) groups is 1. The average Bonchev–Trinajstić information content (AvgIpc) is 3.25. The minimum Gasteiger partial charge on any atom is -0.379 e. The number of rotatable bonds is 7. The lowest BCUT2D eigenvalue weighted by Gasteiger charge is -2.42. The fourth-order valence-corrected chi connectivity index (χ4v) is 4.71. The van der Waals surface area contributed by atoms with E-state index in [4.69, 9.17) is 4.74 Å². The second kappa shape index (κ2) is 6.90. The molecular formula is C21H22N4O2S. The second-order valence-corrected chi connectivity index (χ2v) is 8.84. The highest BCUT2D eigenvalue weighted by atomic mass is 32.1. The summed E-state index contributed by atoms with van der Waals surface area (Å²) >= 11 is 1.62. The van der Waals surface area contributed by atoms with Gasteiger partial charge >= 0.3 is 0 Å². The molecule has 2 aromatic heterocycles. The number of ether oxygens (including phenoxy) is 1. The maximum Gasteiger partial charge on any atom is 0.186 e. The summed E-state index contributed by atoms with van der Waals surface area (Å²) in [5.74, 6) is 1.63. The highest BCUT2D eigenvalue weighted by Crippen LogP contribution is 2.41. The molecule has 0 radical (unpaired) electrons. The molecule has 28 heavy (non-hydrogen) atoms. The molecule has 5 rings (SSSR count). The molecule has 0 bridgehead atoms. The van der Waals surface area contributed by atoms with Crippen molar-refractivity contribution in [3.63, 3.8) is 0 Å². The van der Waals surface area contributed by atoms with Gasteiger partial charge < -0.3 is 9.30 Å². The van der Waals surface area contributed by atoms with Gasteiger partial charge in [0.15, 0.2) is 5.78 Å². The first-order valence-electron chi connectivity index (χ1n) is 9.62. The van der Waals surface area contributed by atoms with Crippen molar-refractivity contribution in [1.82, 2.24) is 19.7 Å². The van der Waals surface area contributed by atoms with Gasteiger partial charge in [-0.1, -0.05) is 24.3 Å². The van der Waals surface area contributed by atoms with Crippen molar-refractivity contribution in [2.24, 2.45) is 7.05 Å². The molecule has 0 N–H and O–H groups in total. The minimum absolute atomic E-state index is 0.0903. The minimum atomic E-state index is -0.0976. The Hall–Kier alpha value is -2.38. The molecule has 0 spiro atoms. The van der Waals surface area contributed by atoms with Crippen LogP contribution in [0.1, 0.15) is 51.2 Å². The monoisotopic (exact) mass is 394 g/mol. The van der Waals surface area contributed by atoms with Crippen LogP contribution in [0.4, 0.5) is 0 Å². The third-order valence-electron chi connectivity index (χ3n) is 5.70. The van der Waals surface area contributed by atoms with Gasteiger partial charge in [0.1, 0.15) is 17.8 Å². The molecule has 1 aromatic carbocycles. The van der Waals surface area contributed by atoms with Gasteiger partial charge in [-0.05, 0) is 24.0 Å². The van der Waals surface area contributed by atoms with E-state index in [1.807, 2.05) is 29.1 Å². The lowest BCUT2D eigenvalue weighted by atomic mass is 9.75. The molecule has 1 aliphatic carbocycles. The van der Waals surface area contributed by atoms with Crippen molar-refractivity contribution >= 4 is 17.1 Å². The zero-order valence-electron chi connectivity index (χ0n) is 15.8. The van der Waals surface area contributed by atoms with E-state index < -0.39 is 0 Å². The smallest absolute Gasteiger partial charge is 0.186 e. The molecule has 2 aliphatic rings. The van der Waals surface area contributed by atoms with Crippen molar-refractivity contribution in [3.8, 4) is 0 Å². The first-order chi connectivity index (χ1) is 13.6. The largest absolute Gasteiger partial charge is 0.379 e. The highest BCUT2D eigenvalue weighted by Gasteiger charge is 2.41. The van der Waals surface area contributed by atoms with Crippen LogP contribution >= 0.6 is 11.3 Å². The van der Waals surface area contributed by atoms with E-state index in [1.54, 1.807) is 17.7 Å². The summed E-state index contributed by atoms with van der Waals surface area (Å²) in [4.78, 5) is 17.3. The number of hydrogen-bond donors (Lipinski definition) is 0. The predicted octanol–water partition coefficient (Wildman–Crippen LogP) is 3.09. The van der Waals surface area contributed by atoms with Crippen LogP contribution in [0.2, 0.25) is 0 Å². The third kappa shape index (κ3) is 3.29. The maximum atomic E-state index is 12.7. The van der Waals surface area contributed by atoms with Gasteiger partial charge in [-0.3, -0.25) is 4.79 Å². The van der Waals surface area contributed by atoms with Crippen LogP contribution < -0.4 is 0 Å². The molecule has 1 aliphatic heterocycles. The fraction of sp³-hybridized carbons (Fsp3) is 0.429. The van der Waals surface area contributed by atoms with E-state index in [1.165, 1.54) is 18.4 Å². The topological polar surface area (TPSA) is 69.9 Å². The number of hydrogen-bond acceptors (Lipinski definition) is 6. The van der Waals surface area contributed by atoms with Gasteiger partial charge in [0.2, 0.25) is 0 Å². The quantitative estimate of drug-likeness (QED) is 0.576. The Morgan fingerprint density at radius 2 is 2.21 bits per heavy atom. The second-order valence-electron chi connectivity index (χ2n) is 7.95. The number of nitrogens with zero attached hydrogens (tertiary/aromatic N) is 4. The summed E-state index contributed by atoms with van der Waals surface area (Å²) in [7, 11) is 1.96. The number of aromatic nitrogens is 4. The normalized spacial score (nSPS) is 18.0. The number of ketones is 1. The fourth-order valence-electron chi connectivity index (χ4n) is 3.71. The van der Waals surface area contributed by atoms with Crippen molar-refractivity contribution in [2.75, 3.05) is 13.2 Å². The summed E-state index contributed by atoms with van der Waals surface area (Å²) in [5.41, 5.74) is 2.73. The Morgan fingerprint density at radius 1 is 1.36 bits per heavy atom. The molecule has 3 aromatic rings. The number of carbonyl (C=O) groups excluding carboxylic acids is 1. The summed E-state index contributed by atoms with van der Waals surface area (Å²) in [6.07, 6.45) is 5.29. The third-order valence-corrected chi connectivity index (χ3v) is 6.70. The highest BCUT2D eigenvalue weighted by molar-refractivity contribution is 7.10. The molecule has 0 amide bonds. The lowest BCUT2D eigenvalue weighted by molar-refractivity contribution is -0.0611. The van der Waals surface area contributed by atoms with Gasteiger partial charge in [0.05, 0.1) is 18.2 Å². The van der Waals surface area contributed by atoms with Crippen molar-refractivity contribution in [1.29, 1.82) is 0 Å². The van der Waals surface area contributed by atoms with E-state index >= 15 is 0 Å². The molecule has 3 heterocycles. The SMILES string of the molecule is Cn1cnnc1CC1(c2cccc(CC(=O)c3csc(C4CC4)n3)c2)COC1. The zero-order valence-corrected chi connectivity index (χ0v) is 16.6. The number of benzene rings is 1. The molecule has 1 saturated carbocycles. The molecule has 7 heteroatoms. The molecule has 0 atom stereocenters. The van der Waals surface area contributed by atoms with Crippen LogP contribution in [-0.2, 0) is 30.0 Å². The molecule has 144 valence electrons. The Balaban J connectivity index is 1.35. The number of aryl methyl sites for hydroxylation is 1. The van der Waals surface area contributed by atoms with Gasteiger partial charge in [0.25, 0.3) is 0 Å². The van der Waals surface area contributed by atoms with Crippen molar-refractivity contribution < 1.29 is 9.53 Å². The van der Waals surface area contributed by atoms with E-state index in [2.05, 4.69) is 27.3 Å². The Bertz CT molecular complexity index is 1020. The van der Waals surface area contributed by atoms with Crippen molar-refractivity contribution in [2.45, 2.75) is 37.0 Å². The Labute approximate surface area is 167 Å². The summed E-state index contributed by atoms with van der Waals surface area (Å²) in [6, 6.07) is 8.32. The lowest BCUT2D eigenvalue weighted by Crippen LogP contribution is -2.49. The molecular weight excluding hydrogens is 372 g/mol. The first-order valence-corrected chi connectivity index (χ1v) is 10.5. The summed E-state index contributed by atoms with van der Waals surface area (Å²) < 4.78 is 7.52. The van der Waals surface area contributed by atoms with Crippen LogP contribution in [0.15, 0.2) is 36.0 Å². The van der Waals surface area contributed by atoms with Crippen molar-refractivity contribution in [3.05, 3.63) is 63.6 Å². The van der Waals surface area contributed by atoms with E-state index in [0.717, 1.165) is 22.8 Å². The molecule has 6 nitrogen and oxygen atoms in total. The maximum absolute atomic E-state index is 12.7. The van der Waals surface area contributed by atoms with Gasteiger partial charge in [-0.25, -0.2) is 4.98 Å². The summed E-state index contributed by atoms with van der Waals surface area (Å²) in [6.45, 7) is 1.32. The Kier molecular flexibility index (Phi) is 4.36. The Morgan fingerprint density at radius 3 is 2.89 bits per heavy atom. The van der Waals surface area contributed by atoms with Gasteiger partial charge in [-0.15, -0.1) is 21.5 Å². The van der Waals surface area contributed by atoms with Crippen LogP contribution in [0.5, 0.6) is 0 Å². The number of Topliss-reactive ketones (excluding diaryl/α,β-unsaturated/α-hetero) is 1. The molecule has 0 unspecified atom stereocenters. The predicted molar refractivity (Wildman–Crippen MR) is 106 cm³/mol. The van der Waals surface area contributed by atoms with E-state index in [-0.39, 0.29) is 11.2 Å². The van der Waals surface area contributed by atoms with Crippen LogP contribution in [0.25, 0.3) is 0 Å². The summed E-state index contributed by atoms with van der Waals surface area (Å²) in [5, 5.41) is 11.3. The van der Waals surface area contributed by atoms with E-state index in [0.29, 0.717) is 31.2 Å². The number of thiazole rings is 1. The van der Waals surface area contributed by atoms with Gasteiger partial charge in [-0.2, -0.15) is 0 Å². The van der Waals surface area contributed by atoms with Crippen LogP contribution in [0, 0.1) is 0 Å². The molecule has 1 saturated heterocycles. The standard InChI is InChI=1S/C21H22N4O2S/c1-25-13-22-24-19(25)9-21(11-27-12-21)16-4-2-3-14(7-16)8-18(26)17-10-28-20(23-17)15-5-6-15/h2-4,7,10,13,15H,5-6,8-9,11-12H2,1H3. The van der Waals surface area contributed by atoms with Crippen LogP contribution in [0.3, 0.4) is 0 Å². The van der Waals surface area contributed by atoms with Gasteiger partial charge in [0, 0.05) is 36.6 Å². The zero-order chi connectivity index (χ0) is 19.1. The van der Waals surface area contributed by atoms with Crippen LogP contribution in [-0.4, -0.2) is 38.7 Å². The average molecular weight is 395 g/mol. The van der Waals surface area contributed by atoms with E-state index in [9.17, 15) is 4.79 Å². The molecule has 2 fully saturated rings. The first kappa shape index (κ1) is 17.7.